The van der Waals surface area contributed by atoms with Crippen LogP contribution in [-0.2, 0) is 0 Å². The van der Waals surface area contributed by atoms with Gasteiger partial charge in [0, 0.05) is 12.4 Å². The molecular weight excluding hydrogens is 162 g/mol. The van der Waals surface area contributed by atoms with Crippen LogP contribution in [0, 0.1) is 5.92 Å². The fourth-order valence-corrected chi connectivity index (χ4v) is 1.80. The molecule has 13 heavy (non-hydrogen) atoms. The quantitative estimate of drug-likeness (QED) is 0.730. The molecule has 0 aliphatic heterocycles. The second-order valence-corrected chi connectivity index (χ2v) is 3.32. The highest BCUT2D eigenvalue weighted by atomic mass is 15.0. The molecule has 3 heteroatoms. The molecule has 1 aromatic heterocycles. The van der Waals surface area contributed by atoms with E-state index < -0.39 is 0 Å². The summed E-state index contributed by atoms with van der Waals surface area (Å²) in [5.74, 6) is 1.72. The number of rotatable bonds is 5. The van der Waals surface area contributed by atoms with E-state index in [-0.39, 0.29) is 0 Å². The largest absolute Gasteiger partial charge is 0.347 e. The fourth-order valence-electron chi connectivity index (χ4n) is 1.80. The topological polar surface area (TPSA) is 40.7 Å². The molecule has 1 heterocycles. The van der Waals surface area contributed by atoms with Crippen molar-refractivity contribution in [2.75, 3.05) is 7.05 Å². The zero-order valence-corrected chi connectivity index (χ0v) is 8.67. The van der Waals surface area contributed by atoms with E-state index >= 15 is 0 Å². The minimum absolute atomic E-state index is 0.366. The van der Waals surface area contributed by atoms with Crippen LogP contribution in [0.2, 0.25) is 0 Å². The average Bonchev–Trinajstić information content (AvgIpc) is 2.66. The lowest BCUT2D eigenvalue weighted by molar-refractivity contribution is 0.348. The van der Waals surface area contributed by atoms with E-state index in [4.69, 9.17) is 0 Å². The van der Waals surface area contributed by atoms with Gasteiger partial charge < -0.3 is 10.3 Å². The fraction of sp³-hybridized carbons (Fsp3) is 0.700. The Bertz CT molecular complexity index is 214. The van der Waals surface area contributed by atoms with Crippen molar-refractivity contribution in [2.24, 2.45) is 5.92 Å². The number of aromatic nitrogens is 2. The van der Waals surface area contributed by atoms with Gasteiger partial charge >= 0.3 is 0 Å². The summed E-state index contributed by atoms with van der Waals surface area (Å²) in [7, 11) is 1.99. The second kappa shape index (κ2) is 5.02. The summed E-state index contributed by atoms with van der Waals surface area (Å²) < 4.78 is 0. The van der Waals surface area contributed by atoms with Gasteiger partial charge in [0.1, 0.15) is 5.82 Å². The average molecular weight is 181 g/mol. The summed E-state index contributed by atoms with van der Waals surface area (Å²) in [6, 6.07) is 0.366. The van der Waals surface area contributed by atoms with Crippen LogP contribution in [0.15, 0.2) is 12.4 Å². The Labute approximate surface area is 80.0 Å². The smallest absolute Gasteiger partial charge is 0.123 e. The van der Waals surface area contributed by atoms with Crippen molar-refractivity contribution in [3.05, 3.63) is 18.2 Å². The number of hydrogen-bond donors (Lipinski definition) is 2. The summed E-state index contributed by atoms with van der Waals surface area (Å²) in [5, 5.41) is 3.31. The van der Waals surface area contributed by atoms with Crippen LogP contribution in [0.1, 0.15) is 38.6 Å². The van der Waals surface area contributed by atoms with Gasteiger partial charge in [0.2, 0.25) is 0 Å². The summed E-state index contributed by atoms with van der Waals surface area (Å²) in [5.41, 5.74) is 0. The van der Waals surface area contributed by atoms with Crippen LogP contribution < -0.4 is 5.32 Å². The van der Waals surface area contributed by atoms with Gasteiger partial charge in [-0.15, -0.1) is 0 Å². The Morgan fingerprint density at radius 1 is 1.46 bits per heavy atom. The lowest BCUT2D eigenvalue weighted by atomic mass is 9.94. The van der Waals surface area contributed by atoms with E-state index in [1.807, 2.05) is 19.4 Å². The van der Waals surface area contributed by atoms with E-state index in [1.165, 1.54) is 12.8 Å². The Morgan fingerprint density at radius 3 is 2.54 bits per heavy atom. The molecule has 74 valence electrons. The minimum Gasteiger partial charge on any atom is -0.347 e. The van der Waals surface area contributed by atoms with Gasteiger partial charge in [-0.2, -0.15) is 0 Å². The van der Waals surface area contributed by atoms with Crippen molar-refractivity contribution in [1.29, 1.82) is 0 Å². The van der Waals surface area contributed by atoms with Crippen LogP contribution in [-0.4, -0.2) is 17.0 Å². The molecule has 0 aliphatic carbocycles. The molecule has 0 saturated carbocycles. The molecule has 0 amide bonds. The lowest BCUT2D eigenvalue weighted by Gasteiger charge is -2.22. The molecule has 0 saturated heterocycles. The monoisotopic (exact) mass is 181 g/mol. The Hall–Kier alpha value is -0.830. The van der Waals surface area contributed by atoms with E-state index in [0.29, 0.717) is 12.0 Å². The maximum Gasteiger partial charge on any atom is 0.123 e. The maximum absolute atomic E-state index is 4.29. The van der Waals surface area contributed by atoms with Crippen LogP contribution in [0.3, 0.4) is 0 Å². The summed E-state index contributed by atoms with van der Waals surface area (Å²) in [6.07, 6.45) is 6.05. The van der Waals surface area contributed by atoms with E-state index in [1.54, 1.807) is 0 Å². The Balaban J connectivity index is 2.72. The predicted molar refractivity (Wildman–Crippen MR) is 54.5 cm³/mol. The second-order valence-electron chi connectivity index (χ2n) is 3.32. The number of nitrogens with zero attached hydrogens (tertiary/aromatic N) is 1. The van der Waals surface area contributed by atoms with Gasteiger partial charge in [0.15, 0.2) is 0 Å². The molecule has 1 rings (SSSR count). The van der Waals surface area contributed by atoms with E-state index in [0.717, 1.165) is 5.82 Å². The third-order valence-corrected chi connectivity index (χ3v) is 2.65. The van der Waals surface area contributed by atoms with Gasteiger partial charge in [0.05, 0.1) is 6.04 Å². The van der Waals surface area contributed by atoms with Crippen LogP contribution in [0.5, 0.6) is 0 Å². The first-order chi connectivity index (χ1) is 6.33. The Morgan fingerprint density at radius 2 is 2.15 bits per heavy atom. The normalized spacial score (nSPS) is 13.5. The van der Waals surface area contributed by atoms with Crippen molar-refractivity contribution in [2.45, 2.75) is 32.7 Å². The van der Waals surface area contributed by atoms with Gasteiger partial charge in [-0.3, -0.25) is 0 Å². The SMILES string of the molecule is CCC(CC)C(NC)c1ncc[nH]1. The predicted octanol–water partition coefficient (Wildman–Crippen LogP) is 2.11. The highest BCUT2D eigenvalue weighted by Crippen LogP contribution is 2.24. The van der Waals surface area contributed by atoms with Crippen LogP contribution in [0.4, 0.5) is 0 Å². The van der Waals surface area contributed by atoms with E-state index in [9.17, 15) is 0 Å². The standard InChI is InChI=1S/C10H19N3/c1-4-8(5-2)9(11-3)10-12-6-7-13-10/h6-9,11H,4-5H2,1-3H3,(H,12,13). The highest BCUT2D eigenvalue weighted by molar-refractivity contribution is 4.97. The summed E-state index contributed by atoms with van der Waals surface area (Å²) in [6.45, 7) is 4.45. The summed E-state index contributed by atoms with van der Waals surface area (Å²) in [4.78, 5) is 7.45. The molecule has 0 bridgehead atoms. The number of H-pyrrole nitrogens is 1. The van der Waals surface area contributed by atoms with Crippen molar-refractivity contribution < 1.29 is 0 Å². The third-order valence-electron chi connectivity index (χ3n) is 2.65. The number of nitrogens with one attached hydrogen (secondary N) is 2. The molecule has 2 N–H and O–H groups in total. The highest BCUT2D eigenvalue weighted by Gasteiger charge is 2.19. The lowest BCUT2D eigenvalue weighted by Crippen LogP contribution is -2.25. The molecule has 1 atom stereocenters. The van der Waals surface area contributed by atoms with E-state index in [2.05, 4.69) is 29.1 Å². The van der Waals surface area contributed by atoms with Crippen molar-refractivity contribution in [3.8, 4) is 0 Å². The van der Waals surface area contributed by atoms with Gasteiger partial charge in [0.25, 0.3) is 0 Å². The molecule has 0 spiro atoms. The van der Waals surface area contributed by atoms with Crippen molar-refractivity contribution in [3.63, 3.8) is 0 Å². The zero-order valence-electron chi connectivity index (χ0n) is 8.67. The molecule has 3 nitrogen and oxygen atoms in total. The van der Waals surface area contributed by atoms with Gasteiger partial charge in [-0.05, 0) is 13.0 Å². The first kappa shape index (κ1) is 10.3. The number of hydrogen-bond acceptors (Lipinski definition) is 2. The molecule has 0 fully saturated rings. The van der Waals surface area contributed by atoms with Crippen molar-refractivity contribution in [1.82, 2.24) is 15.3 Å². The summed E-state index contributed by atoms with van der Waals surface area (Å²) >= 11 is 0. The molecule has 1 aromatic rings. The number of aromatic amines is 1. The molecule has 0 aliphatic rings. The number of imidazole rings is 1. The zero-order chi connectivity index (χ0) is 9.68. The van der Waals surface area contributed by atoms with Gasteiger partial charge in [-0.1, -0.05) is 26.7 Å². The molecule has 1 unspecified atom stereocenters. The molecule has 0 aromatic carbocycles. The van der Waals surface area contributed by atoms with Crippen LogP contribution >= 0.6 is 0 Å². The first-order valence-corrected chi connectivity index (χ1v) is 5.00. The maximum atomic E-state index is 4.29. The van der Waals surface area contributed by atoms with Crippen molar-refractivity contribution >= 4 is 0 Å². The van der Waals surface area contributed by atoms with Gasteiger partial charge in [-0.25, -0.2) is 4.98 Å². The molecule has 0 radical (unpaired) electrons. The first-order valence-electron chi connectivity index (χ1n) is 5.00. The van der Waals surface area contributed by atoms with Crippen LogP contribution in [0.25, 0.3) is 0 Å². The Kier molecular flexibility index (Phi) is 3.96. The third kappa shape index (κ3) is 2.31. The molecular formula is C10H19N3. The minimum atomic E-state index is 0.366.